The van der Waals surface area contributed by atoms with Crippen molar-refractivity contribution in [3.63, 3.8) is 0 Å². The van der Waals surface area contributed by atoms with Crippen LogP contribution in [0.4, 0.5) is 14.9 Å². The van der Waals surface area contributed by atoms with Gasteiger partial charge in [-0.2, -0.15) is 0 Å². The van der Waals surface area contributed by atoms with Crippen LogP contribution in [0.2, 0.25) is 0 Å². The first kappa shape index (κ1) is 24.1. The maximum absolute atomic E-state index is 13.8. The minimum Gasteiger partial charge on any atom is -0.486 e. The fourth-order valence-electron chi connectivity index (χ4n) is 3.13. The van der Waals surface area contributed by atoms with Crippen molar-refractivity contribution >= 4 is 29.4 Å². The number of benzene rings is 2. The summed E-state index contributed by atoms with van der Waals surface area (Å²) in [5.74, 6) is 0.554. The molecule has 12 heteroatoms. The summed E-state index contributed by atoms with van der Waals surface area (Å²) in [5, 5.41) is 13.4. The molecule has 3 aromatic rings. The van der Waals surface area contributed by atoms with Crippen LogP contribution in [-0.4, -0.2) is 45.7 Å². The zero-order valence-corrected chi connectivity index (χ0v) is 19.3. The highest BCUT2D eigenvalue weighted by atomic mass is 32.2. The number of nitrogens with one attached hydrogen (secondary N) is 2. The average Bonchev–Trinajstić information content (AvgIpc) is 3.23. The number of thioether (sulfide) groups is 1. The smallest absolute Gasteiger partial charge is 0.325 e. The van der Waals surface area contributed by atoms with Gasteiger partial charge in [-0.15, -0.1) is 16.8 Å². The fourth-order valence-corrected chi connectivity index (χ4v) is 3.89. The van der Waals surface area contributed by atoms with E-state index in [2.05, 4.69) is 27.4 Å². The Bertz CT molecular complexity index is 1230. The van der Waals surface area contributed by atoms with Crippen LogP contribution in [0.15, 0.2) is 60.3 Å². The highest BCUT2D eigenvalue weighted by molar-refractivity contribution is 7.99. The summed E-state index contributed by atoms with van der Waals surface area (Å²) >= 11 is 1.09. The first-order valence-electron chi connectivity index (χ1n) is 10.6. The molecule has 182 valence electrons. The molecule has 2 heterocycles. The van der Waals surface area contributed by atoms with Crippen molar-refractivity contribution in [2.24, 2.45) is 0 Å². The van der Waals surface area contributed by atoms with Crippen LogP contribution in [0.3, 0.4) is 0 Å². The van der Waals surface area contributed by atoms with E-state index in [1.165, 1.54) is 12.1 Å². The van der Waals surface area contributed by atoms with Gasteiger partial charge in [0.25, 0.3) is 0 Å². The van der Waals surface area contributed by atoms with E-state index in [-0.39, 0.29) is 18.1 Å². The number of allylic oxidation sites excluding steroid dienone is 1. The first-order valence-corrected chi connectivity index (χ1v) is 11.6. The predicted octanol–water partition coefficient (Wildman–Crippen LogP) is 3.39. The minimum atomic E-state index is -0.682. The Kier molecular flexibility index (Phi) is 7.83. The van der Waals surface area contributed by atoms with Crippen molar-refractivity contribution in [2.45, 2.75) is 18.3 Å². The number of urea groups is 1. The molecule has 0 saturated heterocycles. The number of anilines is 1. The molecule has 1 aliphatic heterocycles. The van der Waals surface area contributed by atoms with E-state index in [0.717, 1.165) is 11.8 Å². The Morgan fingerprint density at radius 2 is 1.97 bits per heavy atom. The number of aromatic nitrogens is 3. The van der Waals surface area contributed by atoms with Gasteiger partial charge in [0.2, 0.25) is 5.91 Å². The lowest BCUT2D eigenvalue weighted by molar-refractivity contribution is -0.117. The maximum Gasteiger partial charge on any atom is 0.325 e. The summed E-state index contributed by atoms with van der Waals surface area (Å²) in [6, 6.07) is 10.3. The number of halogens is 1. The molecule has 0 bridgehead atoms. The Hall–Kier alpha value is -4.06. The lowest BCUT2D eigenvalue weighted by Crippen LogP contribution is -2.35. The van der Waals surface area contributed by atoms with Gasteiger partial charge in [-0.3, -0.25) is 14.7 Å². The van der Waals surface area contributed by atoms with Crippen molar-refractivity contribution in [1.82, 2.24) is 20.1 Å². The van der Waals surface area contributed by atoms with Crippen molar-refractivity contribution in [1.29, 1.82) is 0 Å². The summed E-state index contributed by atoms with van der Waals surface area (Å²) in [7, 11) is 0. The van der Waals surface area contributed by atoms with E-state index in [1.807, 2.05) is 0 Å². The molecule has 0 atom stereocenters. The molecular formula is C23H22FN5O5S. The summed E-state index contributed by atoms with van der Waals surface area (Å²) in [6.07, 6.45) is 1.64. The predicted molar refractivity (Wildman–Crippen MR) is 126 cm³/mol. The average molecular weight is 500 g/mol. The number of carbonyl (C=O) groups excluding carboxylic acids is 2. The molecular weight excluding hydrogens is 477 g/mol. The second kappa shape index (κ2) is 11.4. The number of fused-ring (bicyclic) bond motifs is 1. The molecule has 0 unspecified atom stereocenters. The summed E-state index contributed by atoms with van der Waals surface area (Å²) in [5.41, 5.74) is 0.456. The molecule has 3 amide bonds. The number of nitrogens with zero attached hydrogens (tertiary/aromatic N) is 3. The van der Waals surface area contributed by atoms with Crippen LogP contribution in [0.1, 0.15) is 5.82 Å². The molecule has 0 saturated carbocycles. The van der Waals surface area contributed by atoms with E-state index < -0.39 is 17.8 Å². The number of hydrogen-bond acceptors (Lipinski definition) is 8. The standard InChI is InChI=1S/C23H22FN5O5S/c1-2-9-29-20(13-34-17-6-4-3-5-16(17)24)27-28-23(29)35-14-21(30)26-22(31)25-15-7-8-18-19(12-15)33-11-10-32-18/h2-8,12H,1,9-11,13-14H2,(H2,25,26,30,31). The molecule has 0 radical (unpaired) electrons. The lowest BCUT2D eigenvalue weighted by Gasteiger charge is -2.19. The maximum atomic E-state index is 13.8. The van der Waals surface area contributed by atoms with E-state index in [1.54, 1.807) is 41.0 Å². The van der Waals surface area contributed by atoms with Crippen molar-refractivity contribution in [3.05, 3.63) is 66.8 Å². The van der Waals surface area contributed by atoms with Crippen LogP contribution in [-0.2, 0) is 17.9 Å². The van der Waals surface area contributed by atoms with Crippen LogP contribution in [0, 0.1) is 5.82 Å². The number of amides is 3. The molecule has 0 spiro atoms. The zero-order valence-electron chi connectivity index (χ0n) is 18.5. The Morgan fingerprint density at radius 1 is 1.17 bits per heavy atom. The lowest BCUT2D eigenvalue weighted by atomic mass is 10.2. The Labute approximate surface area is 204 Å². The highest BCUT2D eigenvalue weighted by Gasteiger charge is 2.17. The monoisotopic (exact) mass is 499 g/mol. The Morgan fingerprint density at radius 3 is 2.77 bits per heavy atom. The quantitative estimate of drug-likeness (QED) is 0.340. The van der Waals surface area contributed by atoms with Gasteiger partial charge in [-0.25, -0.2) is 9.18 Å². The number of carbonyl (C=O) groups is 2. The molecule has 1 aromatic heterocycles. The van der Waals surface area contributed by atoms with E-state index in [0.29, 0.717) is 47.9 Å². The van der Waals surface area contributed by atoms with E-state index in [9.17, 15) is 14.0 Å². The topological polar surface area (TPSA) is 117 Å². The molecule has 0 fully saturated rings. The number of imide groups is 1. The molecule has 0 aliphatic carbocycles. The third-order valence-corrected chi connectivity index (χ3v) is 5.65. The molecule has 2 N–H and O–H groups in total. The SMILES string of the molecule is C=CCn1c(COc2ccccc2F)nnc1SCC(=O)NC(=O)Nc1ccc2c(c1)OCCO2. The van der Waals surface area contributed by atoms with Crippen LogP contribution in [0.25, 0.3) is 0 Å². The summed E-state index contributed by atoms with van der Waals surface area (Å²) < 4.78 is 31.9. The normalized spacial score (nSPS) is 12.0. The minimum absolute atomic E-state index is 0.0214. The van der Waals surface area contributed by atoms with E-state index >= 15 is 0 Å². The summed E-state index contributed by atoms with van der Waals surface area (Å²) in [6.45, 7) is 4.94. The van der Waals surface area contributed by atoms with Crippen molar-refractivity contribution in [2.75, 3.05) is 24.3 Å². The fraction of sp³-hybridized carbons (Fsp3) is 0.217. The molecule has 35 heavy (non-hydrogen) atoms. The largest absolute Gasteiger partial charge is 0.486 e. The van der Waals surface area contributed by atoms with Gasteiger partial charge in [0.15, 0.2) is 34.0 Å². The van der Waals surface area contributed by atoms with Gasteiger partial charge in [0, 0.05) is 18.3 Å². The third kappa shape index (κ3) is 6.29. The number of ether oxygens (including phenoxy) is 3. The second-order valence-corrected chi connectivity index (χ2v) is 8.11. The number of rotatable bonds is 9. The molecule has 1 aliphatic rings. The van der Waals surface area contributed by atoms with Gasteiger partial charge in [-0.05, 0) is 24.3 Å². The third-order valence-electron chi connectivity index (χ3n) is 4.68. The molecule has 2 aromatic carbocycles. The van der Waals surface area contributed by atoms with E-state index in [4.69, 9.17) is 14.2 Å². The second-order valence-electron chi connectivity index (χ2n) is 7.17. The van der Waals surface area contributed by atoms with Crippen LogP contribution < -0.4 is 24.8 Å². The van der Waals surface area contributed by atoms with Crippen molar-refractivity contribution < 1.29 is 28.2 Å². The van der Waals surface area contributed by atoms with Gasteiger partial charge in [0.05, 0.1) is 5.75 Å². The number of hydrogen-bond donors (Lipinski definition) is 2. The zero-order chi connectivity index (χ0) is 24.6. The van der Waals surface area contributed by atoms with Gasteiger partial charge < -0.3 is 19.5 Å². The van der Waals surface area contributed by atoms with Gasteiger partial charge >= 0.3 is 6.03 Å². The number of para-hydroxylation sites is 1. The van der Waals surface area contributed by atoms with Crippen LogP contribution >= 0.6 is 11.8 Å². The Balaban J connectivity index is 1.30. The van der Waals surface area contributed by atoms with Crippen LogP contribution in [0.5, 0.6) is 17.2 Å². The molecule has 10 nitrogen and oxygen atoms in total. The van der Waals surface area contributed by atoms with Gasteiger partial charge in [-0.1, -0.05) is 30.0 Å². The van der Waals surface area contributed by atoms with Crippen molar-refractivity contribution in [3.8, 4) is 17.2 Å². The molecule has 4 rings (SSSR count). The highest BCUT2D eigenvalue weighted by Crippen LogP contribution is 2.32. The van der Waals surface area contributed by atoms with Gasteiger partial charge in [0.1, 0.15) is 19.8 Å². The summed E-state index contributed by atoms with van der Waals surface area (Å²) in [4.78, 5) is 24.5. The first-order chi connectivity index (χ1) is 17.0.